The van der Waals surface area contributed by atoms with Crippen LogP contribution in [0.2, 0.25) is 104 Å². The lowest BCUT2D eigenvalue weighted by atomic mass is 10.2. The summed E-state index contributed by atoms with van der Waals surface area (Å²) in [5.41, 5.74) is 0. The Labute approximate surface area is 244 Å². The number of esters is 2. The highest BCUT2D eigenvalue weighted by Gasteiger charge is 2.41. The van der Waals surface area contributed by atoms with Gasteiger partial charge in [0.25, 0.3) is 0 Å². The molecule has 15 heteroatoms. The van der Waals surface area contributed by atoms with Crippen molar-refractivity contribution in [3.05, 3.63) is 0 Å². The van der Waals surface area contributed by atoms with Crippen LogP contribution in [0.4, 0.5) is 0 Å². The van der Waals surface area contributed by atoms with Crippen molar-refractivity contribution >= 4 is 62.3 Å². The highest BCUT2D eigenvalue weighted by Crippen LogP contribution is 2.26. The molecule has 0 radical (unpaired) electrons. The van der Waals surface area contributed by atoms with E-state index in [1.165, 1.54) is 0 Å². The van der Waals surface area contributed by atoms with Crippen LogP contribution in [0.5, 0.6) is 0 Å². The van der Waals surface area contributed by atoms with E-state index >= 15 is 0 Å². The number of carbonyl (C=O) groups is 2. The van der Waals surface area contributed by atoms with Crippen LogP contribution in [0.25, 0.3) is 0 Å². The lowest BCUT2D eigenvalue weighted by Crippen LogP contribution is -2.52. The minimum absolute atomic E-state index is 0.134. The van der Waals surface area contributed by atoms with Gasteiger partial charge in [-0.2, -0.15) is 0 Å². The highest BCUT2D eigenvalue weighted by atomic mass is 28.5. The Kier molecular flexibility index (Phi) is 15.5. The van der Waals surface area contributed by atoms with Crippen LogP contribution in [-0.2, 0) is 35.5 Å². The van der Waals surface area contributed by atoms with Crippen LogP contribution in [0, 0.1) is 0 Å². The van der Waals surface area contributed by atoms with Crippen molar-refractivity contribution in [2.75, 3.05) is 13.2 Å². The number of hydrogen-bond acceptors (Lipinski definition) is 9. The van der Waals surface area contributed by atoms with E-state index in [2.05, 4.69) is 91.7 Å². The molecule has 0 rings (SSSR count). The van der Waals surface area contributed by atoms with E-state index in [4.69, 9.17) is 25.9 Å². The second-order valence-corrected chi connectivity index (χ2v) is 40.1. The number of aliphatic hydroxyl groups excluding tert-OH is 1. The molecule has 0 amide bonds. The predicted molar refractivity (Wildman–Crippen MR) is 172 cm³/mol. The molecule has 0 fully saturated rings. The maximum Gasteiger partial charge on any atom is 0.335 e. The van der Waals surface area contributed by atoms with Gasteiger partial charge in [-0.3, -0.25) is 4.79 Å². The lowest BCUT2D eigenvalue weighted by Gasteiger charge is -2.38. The molecule has 0 spiro atoms. The first-order chi connectivity index (χ1) is 17.2. The smallest absolute Gasteiger partial charge is 0.335 e. The topological polar surface area (TPSA) is 110 Å². The zero-order chi connectivity index (χ0) is 30.9. The number of aliphatic hydroxyl groups is 1. The van der Waals surface area contributed by atoms with Crippen molar-refractivity contribution in [3.8, 4) is 0 Å². The molecular formula is C24H58O9Si6. The first-order valence-electron chi connectivity index (χ1n) is 14.0. The molecule has 0 aromatic heterocycles. The minimum atomic E-state index is -2.42. The average Bonchev–Trinajstić information content (AvgIpc) is 2.62. The summed E-state index contributed by atoms with van der Waals surface area (Å²) in [6, 6.07) is 1.41. The van der Waals surface area contributed by atoms with Crippen molar-refractivity contribution in [1.82, 2.24) is 0 Å². The first kappa shape index (κ1) is 39.0. The van der Waals surface area contributed by atoms with E-state index in [1.54, 1.807) is 0 Å². The summed E-state index contributed by atoms with van der Waals surface area (Å²) in [6.45, 7) is 30.2. The SMILES string of the molecule is C[Si](C)(C)O[Si](C)(CCCOC(=O)CC(O)C(=O)OCCC[Si](C)(O[Si](C)(C)C)O[Si](C)(C)C)O[Si](C)(C)C. The standard InChI is InChI=1S/C24H58O9Si6/c1-34(2,3)30-38(13,31-35(4,5)6)19-15-17-28-23(26)21-22(25)24(27)29-18-16-20-39(14,32-36(7,8)9)33-37(10,11)12/h22,25H,15-21H2,1-14H3. The Balaban J connectivity index is 4.62. The lowest BCUT2D eigenvalue weighted by molar-refractivity contribution is -0.160. The molecule has 0 heterocycles. The maximum absolute atomic E-state index is 12.3. The van der Waals surface area contributed by atoms with Gasteiger partial charge in [-0.1, -0.05) is 0 Å². The van der Waals surface area contributed by atoms with Crippen LogP contribution >= 0.6 is 0 Å². The molecule has 0 bridgehead atoms. The summed E-state index contributed by atoms with van der Waals surface area (Å²) >= 11 is 0. The average molecular weight is 659 g/mol. The third kappa shape index (κ3) is 21.4. The Hall–Kier alpha value is 0.0413. The van der Waals surface area contributed by atoms with Crippen LogP contribution in [0.1, 0.15) is 19.3 Å². The molecule has 0 aliphatic carbocycles. The highest BCUT2D eigenvalue weighted by molar-refractivity contribution is 6.88. The molecule has 9 nitrogen and oxygen atoms in total. The number of rotatable bonds is 19. The monoisotopic (exact) mass is 658 g/mol. The molecule has 1 unspecified atom stereocenters. The fourth-order valence-corrected chi connectivity index (χ4v) is 29.4. The van der Waals surface area contributed by atoms with Gasteiger partial charge in [0.2, 0.25) is 0 Å². The van der Waals surface area contributed by atoms with Crippen molar-refractivity contribution in [1.29, 1.82) is 0 Å². The molecule has 232 valence electrons. The van der Waals surface area contributed by atoms with Crippen LogP contribution in [0.3, 0.4) is 0 Å². The molecule has 0 aromatic rings. The number of carbonyl (C=O) groups excluding carboxylic acids is 2. The molecule has 0 aromatic carbocycles. The summed E-state index contributed by atoms with van der Waals surface area (Å²) in [7, 11) is -12.0. The van der Waals surface area contributed by atoms with E-state index in [-0.39, 0.29) is 13.2 Å². The zero-order valence-electron chi connectivity index (χ0n) is 27.2. The zero-order valence-corrected chi connectivity index (χ0v) is 33.2. The van der Waals surface area contributed by atoms with Crippen LogP contribution < -0.4 is 0 Å². The maximum atomic E-state index is 12.3. The molecule has 0 saturated heterocycles. The molecular weight excluding hydrogens is 601 g/mol. The first-order valence-corrected chi connectivity index (χ1v) is 32.7. The Morgan fingerprint density at radius 2 is 0.872 bits per heavy atom. The summed E-state index contributed by atoms with van der Waals surface area (Å²) in [5, 5.41) is 10.2. The molecule has 0 saturated carbocycles. The van der Waals surface area contributed by atoms with Crippen molar-refractivity contribution in [2.45, 2.75) is 129 Å². The van der Waals surface area contributed by atoms with E-state index in [1.807, 2.05) is 0 Å². The van der Waals surface area contributed by atoms with E-state index < -0.39 is 74.9 Å². The van der Waals surface area contributed by atoms with Crippen LogP contribution in [-0.4, -0.2) is 86.8 Å². The van der Waals surface area contributed by atoms with E-state index in [0.29, 0.717) is 24.9 Å². The Morgan fingerprint density at radius 3 is 1.18 bits per heavy atom. The molecule has 1 N–H and O–H groups in total. The van der Waals surface area contributed by atoms with E-state index in [0.717, 1.165) is 0 Å². The second kappa shape index (κ2) is 15.5. The summed E-state index contributed by atoms with van der Waals surface area (Å²) in [4.78, 5) is 24.5. The van der Waals surface area contributed by atoms with Gasteiger partial charge in [0.1, 0.15) is 0 Å². The molecule has 0 aliphatic rings. The van der Waals surface area contributed by atoms with Crippen molar-refractivity contribution < 1.29 is 40.6 Å². The van der Waals surface area contributed by atoms with Gasteiger partial charge in [0.15, 0.2) is 39.4 Å². The van der Waals surface area contributed by atoms with Gasteiger partial charge < -0.3 is 31.0 Å². The van der Waals surface area contributed by atoms with Gasteiger partial charge in [-0.15, -0.1) is 0 Å². The normalized spacial score (nSPS) is 14.7. The second-order valence-electron chi connectivity index (χ2n) is 14.4. The predicted octanol–water partition coefficient (Wildman–Crippen LogP) is 6.15. The Bertz CT molecular complexity index is 738. The largest absolute Gasteiger partial charge is 0.466 e. The van der Waals surface area contributed by atoms with E-state index in [9.17, 15) is 14.7 Å². The summed E-state index contributed by atoms with van der Waals surface area (Å²) in [6.07, 6.45) is -0.815. The van der Waals surface area contributed by atoms with Gasteiger partial charge in [-0.05, 0) is 117 Å². The number of ether oxygens (including phenoxy) is 2. The number of hydrogen-bond donors (Lipinski definition) is 1. The summed E-state index contributed by atoms with van der Waals surface area (Å²) < 4.78 is 36.4. The summed E-state index contributed by atoms with van der Waals surface area (Å²) in [5.74, 6) is -1.45. The van der Waals surface area contributed by atoms with Gasteiger partial charge in [0.05, 0.1) is 19.6 Å². The van der Waals surface area contributed by atoms with Gasteiger partial charge >= 0.3 is 29.1 Å². The van der Waals surface area contributed by atoms with Crippen molar-refractivity contribution in [3.63, 3.8) is 0 Å². The fraction of sp³-hybridized carbons (Fsp3) is 0.917. The quantitative estimate of drug-likeness (QED) is 0.0992. The fourth-order valence-electron chi connectivity index (χ4n) is 4.38. The van der Waals surface area contributed by atoms with Gasteiger partial charge in [-0.25, -0.2) is 4.79 Å². The third-order valence-electron chi connectivity index (χ3n) is 4.78. The minimum Gasteiger partial charge on any atom is -0.466 e. The molecule has 1 atom stereocenters. The van der Waals surface area contributed by atoms with Crippen molar-refractivity contribution in [2.24, 2.45) is 0 Å². The molecule has 39 heavy (non-hydrogen) atoms. The third-order valence-corrected chi connectivity index (χ3v) is 24.0. The molecule has 0 aliphatic heterocycles. The van der Waals surface area contributed by atoms with Gasteiger partial charge in [0, 0.05) is 0 Å². The van der Waals surface area contributed by atoms with Crippen LogP contribution in [0.15, 0.2) is 0 Å². The Morgan fingerprint density at radius 1 is 0.564 bits per heavy atom.